The monoisotopic (exact) mass is 517 g/mol. The van der Waals surface area contributed by atoms with Crippen LogP contribution < -0.4 is 19.3 Å². The van der Waals surface area contributed by atoms with Crippen LogP contribution in [0.5, 0.6) is 0 Å². The summed E-state index contributed by atoms with van der Waals surface area (Å²) in [4.78, 5) is 15.3. The molecule has 35 heavy (non-hydrogen) atoms. The van der Waals surface area contributed by atoms with Gasteiger partial charge in [-0.3, -0.25) is 9.36 Å². The molecule has 2 aromatic heterocycles. The number of aryl methyl sites for hydroxylation is 1. The van der Waals surface area contributed by atoms with Crippen LogP contribution in [0.15, 0.2) is 82.6 Å². The van der Waals surface area contributed by atoms with E-state index in [0.717, 1.165) is 32.3 Å². The maximum Gasteiger partial charge on any atom is 0.270 e. The van der Waals surface area contributed by atoms with Gasteiger partial charge in [-0.25, -0.2) is 0 Å². The van der Waals surface area contributed by atoms with Crippen molar-refractivity contribution < 1.29 is 4.57 Å². The molecule has 4 rings (SSSR count). The Morgan fingerprint density at radius 1 is 1.14 bits per heavy atom. The predicted molar refractivity (Wildman–Crippen MR) is 148 cm³/mol. The molecule has 0 aliphatic carbocycles. The number of hydrogen-bond donors (Lipinski definition) is 0. The Hall–Kier alpha value is -3.04. The van der Waals surface area contributed by atoms with Crippen molar-refractivity contribution in [2.45, 2.75) is 38.8 Å². The minimum absolute atomic E-state index is 0.00819. The number of nitrogens with zero attached hydrogens (tertiary/aromatic N) is 2. The SMILES string of the molecule is CC#C/C(Sc1ccc(Cl)cc1C)=c1\s/c(=C\c2cccc[n+]2Cc2ccccc2)n(CC)c1=O. The molecular formula is C29H26ClN2OS2+. The Morgan fingerprint density at radius 3 is 2.63 bits per heavy atom. The zero-order valence-electron chi connectivity index (χ0n) is 19.9. The van der Waals surface area contributed by atoms with E-state index in [2.05, 4.69) is 59.0 Å². The Morgan fingerprint density at radius 2 is 1.91 bits per heavy atom. The highest BCUT2D eigenvalue weighted by Crippen LogP contribution is 2.30. The smallest absolute Gasteiger partial charge is 0.270 e. The van der Waals surface area contributed by atoms with Crippen LogP contribution in [-0.2, 0) is 13.1 Å². The number of aromatic nitrogens is 2. The summed E-state index contributed by atoms with van der Waals surface area (Å²) < 4.78 is 5.59. The predicted octanol–water partition coefficient (Wildman–Crippen LogP) is 4.98. The van der Waals surface area contributed by atoms with Crippen molar-refractivity contribution in [3.8, 4) is 11.8 Å². The van der Waals surface area contributed by atoms with Gasteiger partial charge in [0, 0.05) is 40.2 Å². The Labute approximate surface area is 219 Å². The van der Waals surface area contributed by atoms with E-state index in [1.54, 1.807) is 6.92 Å². The second-order valence-electron chi connectivity index (χ2n) is 7.92. The van der Waals surface area contributed by atoms with E-state index in [0.29, 0.717) is 16.1 Å². The van der Waals surface area contributed by atoms with Gasteiger partial charge in [-0.15, -0.1) is 17.3 Å². The average molecular weight is 518 g/mol. The lowest BCUT2D eigenvalue weighted by Crippen LogP contribution is -2.38. The zero-order valence-corrected chi connectivity index (χ0v) is 22.3. The molecule has 0 saturated carbocycles. The zero-order chi connectivity index (χ0) is 24.8. The molecule has 2 aromatic carbocycles. The molecule has 0 spiro atoms. The second-order valence-corrected chi connectivity index (χ2v) is 10.4. The molecule has 0 unspecified atom stereocenters. The van der Waals surface area contributed by atoms with Gasteiger partial charge < -0.3 is 0 Å². The fourth-order valence-electron chi connectivity index (χ4n) is 3.73. The van der Waals surface area contributed by atoms with Gasteiger partial charge in [0.2, 0.25) is 5.69 Å². The van der Waals surface area contributed by atoms with Gasteiger partial charge in [-0.05, 0) is 50.6 Å². The van der Waals surface area contributed by atoms with E-state index < -0.39 is 0 Å². The molecule has 0 aliphatic rings. The highest BCUT2D eigenvalue weighted by Gasteiger charge is 2.13. The second kappa shape index (κ2) is 11.6. The third-order valence-corrected chi connectivity index (χ3v) is 8.15. The lowest BCUT2D eigenvalue weighted by atomic mass is 10.2. The number of hydrogen-bond acceptors (Lipinski definition) is 3. The van der Waals surface area contributed by atoms with E-state index in [1.807, 2.05) is 54.8 Å². The molecule has 0 atom stereocenters. The van der Waals surface area contributed by atoms with E-state index in [1.165, 1.54) is 28.7 Å². The fraction of sp³-hybridized carbons (Fsp3) is 0.172. The Bertz CT molecular complexity index is 1590. The number of benzene rings is 2. The first kappa shape index (κ1) is 25.1. The van der Waals surface area contributed by atoms with Crippen molar-refractivity contribution >= 4 is 45.7 Å². The first-order chi connectivity index (χ1) is 17.0. The standard InChI is InChI=1S/C29H26ClN2OS2/c1-4-11-26(34-25-16-15-23(30)18-21(25)3)28-29(33)32(5-2)27(35-28)19-24-14-9-10-17-31(24)20-22-12-7-6-8-13-22/h6-10,12-19H,5,20H2,1-3H3/q+1/b28-26+. The third kappa shape index (κ3) is 5.97. The maximum absolute atomic E-state index is 13.5. The molecule has 0 aliphatic heterocycles. The van der Waals surface area contributed by atoms with Gasteiger partial charge in [0.1, 0.15) is 9.20 Å². The normalized spacial score (nSPS) is 12.3. The molecule has 4 aromatic rings. The lowest BCUT2D eigenvalue weighted by Gasteiger charge is -2.04. The van der Waals surface area contributed by atoms with Crippen LogP contribution in [0.1, 0.15) is 30.7 Å². The van der Waals surface area contributed by atoms with Gasteiger partial charge in [-0.1, -0.05) is 59.6 Å². The molecule has 0 radical (unpaired) electrons. The van der Waals surface area contributed by atoms with Crippen molar-refractivity contribution in [3.05, 3.63) is 114 Å². The van der Waals surface area contributed by atoms with Crippen LogP contribution in [0.4, 0.5) is 0 Å². The summed E-state index contributed by atoms with van der Waals surface area (Å²) in [6.07, 6.45) is 4.16. The summed E-state index contributed by atoms with van der Waals surface area (Å²) in [7, 11) is 0. The van der Waals surface area contributed by atoms with Crippen molar-refractivity contribution in [1.29, 1.82) is 0 Å². The van der Waals surface area contributed by atoms with Crippen molar-refractivity contribution in [2.75, 3.05) is 0 Å². The Kier molecular flexibility index (Phi) is 8.30. The highest BCUT2D eigenvalue weighted by atomic mass is 35.5. The lowest BCUT2D eigenvalue weighted by molar-refractivity contribution is -0.690. The van der Waals surface area contributed by atoms with Crippen molar-refractivity contribution in [2.24, 2.45) is 0 Å². The van der Waals surface area contributed by atoms with E-state index >= 15 is 0 Å². The quantitative estimate of drug-likeness (QED) is 0.205. The van der Waals surface area contributed by atoms with Crippen LogP contribution in [0.25, 0.3) is 11.0 Å². The number of thiazole rings is 1. The van der Waals surface area contributed by atoms with Crippen molar-refractivity contribution in [3.63, 3.8) is 0 Å². The van der Waals surface area contributed by atoms with Gasteiger partial charge in [0.05, 0.1) is 4.91 Å². The van der Waals surface area contributed by atoms with Gasteiger partial charge in [0.15, 0.2) is 12.7 Å². The molecular weight excluding hydrogens is 492 g/mol. The summed E-state index contributed by atoms with van der Waals surface area (Å²) in [5.74, 6) is 6.16. The maximum atomic E-state index is 13.5. The molecule has 6 heteroatoms. The van der Waals surface area contributed by atoms with Crippen LogP contribution in [0, 0.1) is 18.8 Å². The third-order valence-electron chi connectivity index (χ3n) is 5.46. The van der Waals surface area contributed by atoms with E-state index in [9.17, 15) is 4.79 Å². The Balaban J connectivity index is 1.86. The van der Waals surface area contributed by atoms with Crippen LogP contribution >= 0.6 is 34.7 Å². The number of rotatable bonds is 6. The summed E-state index contributed by atoms with van der Waals surface area (Å²) >= 11 is 9.15. The number of halogens is 1. The minimum atomic E-state index is -0.00819. The summed E-state index contributed by atoms with van der Waals surface area (Å²) in [6, 6.07) is 22.3. The van der Waals surface area contributed by atoms with Crippen LogP contribution in [0.3, 0.4) is 0 Å². The summed E-state index contributed by atoms with van der Waals surface area (Å²) in [6.45, 7) is 7.16. The summed E-state index contributed by atoms with van der Waals surface area (Å²) in [5.41, 5.74) is 3.31. The first-order valence-electron chi connectivity index (χ1n) is 11.3. The molecule has 0 amide bonds. The summed E-state index contributed by atoms with van der Waals surface area (Å²) in [5, 5.41) is 0.697. The minimum Gasteiger partial charge on any atom is -0.299 e. The molecule has 0 saturated heterocycles. The molecule has 176 valence electrons. The first-order valence-corrected chi connectivity index (χ1v) is 13.4. The van der Waals surface area contributed by atoms with Gasteiger partial charge in [-0.2, -0.15) is 4.57 Å². The van der Waals surface area contributed by atoms with Crippen LogP contribution in [-0.4, -0.2) is 4.57 Å². The van der Waals surface area contributed by atoms with Gasteiger partial charge >= 0.3 is 0 Å². The average Bonchev–Trinajstić information content (AvgIpc) is 3.17. The van der Waals surface area contributed by atoms with E-state index in [4.69, 9.17) is 11.6 Å². The fourth-order valence-corrected chi connectivity index (χ4v) is 6.16. The molecule has 0 N–H and O–H groups in total. The van der Waals surface area contributed by atoms with Crippen molar-refractivity contribution in [1.82, 2.24) is 4.57 Å². The molecule has 3 nitrogen and oxygen atoms in total. The number of pyridine rings is 1. The van der Waals surface area contributed by atoms with E-state index in [-0.39, 0.29) is 5.56 Å². The molecule has 2 heterocycles. The van der Waals surface area contributed by atoms with Gasteiger partial charge in [0.25, 0.3) is 5.56 Å². The topological polar surface area (TPSA) is 25.9 Å². The van der Waals surface area contributed by atoms with Crippen LogP contribution in [0.2, 0.25) is 5.02 Å². The highest BCUT2D eigenvalue weighted by molar-refractivity contribution is 8.08. The number of thioether (sulfide) groups is 1. The molecule has 0 bridgehead atoms. The molecule has 0 fully saturated rings. The largest absolute Gasteiger partial charge is 0.299 e.